The van der Waals surface area contributed by atoms with E-state index in [-0.39, 0.29) is 12.4 Å². The summed E-state index contributed by atoms with van der Waals surface area (Å²) in [5, 5.41) is 8.94. The van der Waals surface area contributed by atoms with Crippen molar-refractivity contribution < 1.29 is 9.50 Å². The van der Waals surface area contributed by atoms with E-state index in [1.54, 1.807) is 12.3 Å². The van der Waals surface area contributed by atoms with Crippen LogP contribution in [0.25, 0.3) is 15.2 Å². The third-order valence-corrected chi connectivity index (χ3v) is 3.29. The van der Waals surface area contributed by atoms with Gasteiger partial charge in [0.15, 0.2) is 4.96 Å². The summed E-state index contributed by atoms with van der Waals surface area (Å²) in [6, 6.07) is 4.64. The van der Waals surface area contributed by atoms with E-state index in [9.17, 15) is 4.39 Å². The quantitative estimate of drug-likeness (QED) is 0.685. The first kappa shape index (κ1) is 8.82. The first-order chi connectivity index (χ1) is 7.28. The fraction of sp³-hybridized carbons (Fsp3) is 0.100. The number of halogens is 1. The van der Waals surface area contributed by atoms with Crippen LogP contribution in [0, 0.1) is 5.82 Å². The van der Waals surface area contributed by atoms with Crippen LogP contribution in [0.2, 0.25) is 0 Å². The van der Waals surface area contributed by atoms with E-state index in [0.29, 0.717) is 5.69 Å². The maximum atomic E-state index is 13.0. The van der Waals surface area contributed by atoms with Gasteiger partial charge >= 0.3 is 0 Å². The van der Waals surface area contributed by atoms with Crippen molar-refractivity contribution in [3.63, 3.8) is 0 Å². The lowest BCUT2D eigenvalue weighted by Gasteiger charge is -1.90. The van der Waals surface area contributed by atoms with Gasteiger partial charge in [-0.25, -0.2) is 9.37 Å². The molecule has 1 N–H and O–H groups in total. The number of nitrogens with zero attached hydrogens (tertiary/aromatic N) is 2. The lowest BCUT2D eigenvalue weighted by molar-refractivity contribution is 0.277. The number of aromatic nitrogens is 2. The predicted molar refractivity (Wildman–Crippen MR) is 56.5 cm³/mol. The molecular weight excluding hydrogens is 215 g/mol. The van der Waals surface area contributed by atoms with E-state index in [1.807, 2.05) is 4.40 Å². The van der Waals surface area contributed by atoms with Crippen LogP contribution in [0.5, 0.6) is 0 Å². The van der Waals surface area contributed by atoms with E-state index in [1.165, 1.54) is 23.5 Å². The lowest BCUT2D eigenvalue weighted by atomic mass is 10.3. The summed E-state index contributed by atoms with van der Waals surface area (Å²) in [5.74, 6) is -0.241. The molecular formula is C10H7FN2OS. The molecule has 5 heteroatoms. The monoisotopic (exact) mass is 222 g/mol. The number of fused-ring (bicyclic) bond motifs is 3. The van der Waals surface area contributed by atoms with E-state index >= 15 is 0 Å². The molecule has 0 aliphatic rings. The highest BCUT2D eigenvalue weighted by Crippen LogP contribution is 2.26. The van der Waals surface area contributed by atoms with Gasteiger partial charge in [-0.05, 0) is 18.2 Å². The molecule has 3 nitrogen and oxygen atoms in total. The number of aliphatic hydroxyl groups excluding tert-OH is 1. The summed E-state index contributed by atoms with van der Waals surface area (Å²) in [5.41, 5.74) is 1.55. The molecule has 0 bridgehead atoms. The van der Waals surface area contributed by atoms with Gasteiger partial charge in [0.2, 0.25) is 0 Å². The molecule has 0 amide bonds. The van der Waals surface area contributed by atoms with Crippen LogP contribution in [0.1, 0.15) is 5.69 Å². The number of aliphatic hydroxyl groups is 1. The molecule has 15 heavy (non-hydrogen) atoms. The molecule has 0 saturated heterocycles. The Bertz CT molecular complexity index is 643. The molecule has 3 aromatic rings. The summed E-state index contributed by atoms with van der Waals surface area (Å²) in [6.07, 6.45) is 1.77. The molecule has 0 spiro atoms. The van der Waals surface area contributed by atoms with Crippen LogP contribution in [0.4, 0.5) is 4.39 Å². The van der Waals surface area contributed by atoms with Crippen molar-refractivity contribution in [1.82, 2.24) is 9.38 Å². The number of thiazole rings is 1. The normalized spacial score (nSPS) is 11.6. The van der Waals surface area contributed by atoms with Gasteiger partial charge in [-0.15, -0.1) is 0 Å². The highest BCUT2D eigenvalue weighted by atomic mass is 32.1. The molecule has 0 aliphatic carbocycles. The van der Waals surface area contributed by atoms with Crippen LogP contribution in [-0.4, -0.2) is 14.5 Å². The molecule has 2 aromatic heterocycles. The molecule has 0 atom stereocenters. The fourth-order valence-corrected chi connectivity index (χ4v) is 2.65. The van der Waals surface area contributed by atoms with Crippen molar-refractivity contribution in [2.24, 2.45) is 0 Å². The van der Waals surface area contributed by atoms with Gasteiger partial charge in [-0.3, -0.25) is 4.40 Å². The summed E-state index contributed by atoms with van der Waals surface area (Å²) in [6.45, 7) is -0.0723. The molecule has 0 fully saturated rings. The summed E-state index contributed by atoms with van der Waals surface area (Å²) in [4.78, 5) is 4.98. The van der Waals surface area contributed by atoms with Crippen molar-refractivity contribution in [1.29, 1.82) is 0 Å². The smallest absolute Gasteiger partial charge is 0.195 e. The second-order valence-corrected chi connectivity index (χ2v) is 4.27. The molecule has 2 heterocycles. The topological polar surface area (TPSA) is 37.5 Å². The Morgan fingerprint density at radius 3 is 3.13 bits per heavy atom. The predicted octanol–water partition coefficient (Wildman–Crippen LogP) is 2.18. The Morgan fingerprint density at radius 2 is 2.33 bits per heavy atom. The first-order valence-corrected chi connectivity index (χ1v) is 5.26. The Labute approximate surface area is 88.4 Å². The number of rotatable bonds is 1. The highest BCUT2D eigenvalue weighted by Gasteiger charge is 2.08. The van der Waals surface area contributed by atoms with Crippen molar-refractivity contribution >= 4 is 26.5 Å². The maximum absolute atomic E-state index is 13.0. The van der Waals surface area contributed by atoms with Crippen molar-refractivity contribution in [3.05, 3.63) is 35.9 Å². The Hall–Kier alpha value is -1.46. The average Bonchev–Trinajstić information content (AvgIpc) is 2.73. The zero-order chi connectivity index (χ0) is 10.4. The summed E-state index contributed by atoms with van der Waals surface area (Å²) < 4.78 is 15.7. The maximum Gasteiger partial charge on any atom is 0.195 e. The Morgan fingerprint density at radius 1 is 1.47 bits per heavy atom. The van der Waals surface area contributed by atoms with Crippen LogP contribution in [0.15, 0.2) is 24.4 Å². The molecule has 3 rings (SSSR count). The van der Waals surface area contributed by atoms with Gasteiger partial charge in [0, 0.05) is 6.20 Å². The average molecular weight is 222 g/mol. The number of imidazole rings is 1. The number of hydrogen-bond acceptors (Lipinski definition) is 3. The number of benzene rings is 1. The van der Waals surface area contributed by atoms with Crippen molar-refractivity contribution in [2.75, 3.05) is 0 Å². The standard InChI is InChI=1S/C10H7FN2OS/c11-6-1-2-8-9(3-6)15-10-12-7(5-14)4-13(8)10/h1-4,14H,5H2. The largest absolute Gasteiger partial charge is 0.390 e. The molecule has 0 saturated carbocycles. The summed E-state index contributed by atoms with van der Waals surface area (Å²) in [7, 11) is 0. The second-order valence-electron chi connectivity index (χ2n) is 3.26. The fourth-order valence-electron chi connectivity index (χ4n) is 1.60. The van der Waals surface area contributed by atoms with Crippen molar-refractivity contribution in [3.8, 4) is 0 Å². The van der Waals surface area contributed by atoms with Crippen LogP contribution in [0.3, 0.4) is 0 Å². The molecule has 0 aliphatic heterocycles. The zero-order valence-corrected chi connectivity index (χ0v) is 8.46. The van der Waals surface area contributed by atoms with Crippen LogP contribution in [-0.2, 0) is 6.61 Å². The lowest BCUT2D eigenvalue weighted by Crippen LogP contribution is -1.81. The second kappa shape index (κ2) is 3.01. The highest BCUT2D eigenvalue weighted by molar-refractivity contribution is 7.23. The molecule has 1 aromatic carbocycles. The first-order valence-electron chi connectivity index (χ1n) is 4.45. The molecule has 76 valence electrons. The third-order valence-electron chi connectivity index (χ3n) is 2.27. The molecule has 0 radical (unpaired) electrons. The SMILES string of the molecule is OCc1cn2c(n1)sc1cc(F)ccc12. The number of hydrogen-bond donors (Lipinski definition) is 1. The Kier molecular flexibility index (Phi) is 1.77. The van der Waals surface area contributed by atoms with Crippen molar-refractivity contribution in [2.45, 2.75) is 6.61 Å². The minimum Gasteiger partial charge on any atom is -0.390 e. The van der Waals surface area contributed by atoms with Gasteiger partial charge in [-0.1, -0.05) is 11.3 Å². The Balaban J connectivity index is 2.40. The van der Waals surface area contributed by atoms with E-state index in [0.717, 1.165) is 15.2 Å². The third kappa shape index (κ3) is 1.24. The van der Waals surface area contributed by atoms with Gasteiger partial charge in [0.1, 0.15) is 5.82 Å². The van der Waals surface area contributed by atoms with E-state index in [2.05, 4.69) is 4.98 Å². The van der Waals surface area contributed by atoms with Gasteiger partial charge < -0.3 is 5.11 Å². The summed E-state index contributed by atoms with van der Waals surface area (Å²) >= 11 is 1.41. The van der Waals surface area contributed by atoms with E-state index < -0.39 is 0 Å². The minimum absolute atomic E-state index is 0.0723. The van der Waals surface area contributed by atoms with E-state index in [4.69, 9.17) is 5.11 Å². The zero-order valence-electron chi connectivity index (χ0n) is 7.64. The van der Waals surface area contributed by atoms with Gasteiger partial charge in [-0.2, -0.15) is 0 Å². The van der Waals surface area contributed by atoms with Gasteiger partial charge in [0.05, 0.1) is 22.5 Å². The van der Waals surface area contributed by atoms with Gasteiger partial charge in [0.25, 0.3) is 0 Å². The van der Waals surface area contributed by atoms with Crippen LogP contribution >= 0.6 is 11.3 Å². The van der Waals surface area contributed by atoms with Crippen LogP contribution < -0.4 is 0 Å². The minimum atomic E-state index is -0.241. The molecule has 0 unspecified atom stereocenters.